The molecule has 0 aliphatic rings. The second kappa shape index (κ2) is 6.01. The first-order valence-corrected chi connectivity index (χ1v) is 9.36. The molecule has 0 aliphatic heterocycles. The molecular formula is C9H19BrSi. The molecule has 0 spiro atoms. The number of hydrogen-bond donors (Lipinski definition) is 0. The lowest BCUT2D eigenvalue weighted by molar-refractivity contribution is 0.932. The summed E-state index contributed by atoms with van der Waals surface area (Å²) in [4.78, 5) is 0. The van der Waals surface area contributed by atoms with Gasteiger partial charge in [0, 0.05) is 0 Å². The first-order chi connectivity index (χ1) is 5.18. The van der Waals surface area contributed by atoms with Gasteiger partial charge in [-0.2, -0.15) is 0 Å². The van der Waals surface area contributed by atoms with Gasteiger partial charge in [-0.15, -0.1) is 21.9 Å². The van der Waals surface area contributed by atoms with Crippen LogP contribution in [0.2, 0.25) is 18.1 Å². The Balaban J connectivity index is 3.59. The predicted octanol–water partition coefficient (Wildman–Crippen LogP) is 4.33. The predicted molar refractivity (Wildman–Crippen MR) is 59.9 cm³/mol. The van der Waals surface area contributed by atoms with Gasteiger partial charge in [0.05, 0.1) is 0 Å². The standard InChI is InChI=1S/C9H19BrSi/c1-4-7-8-9-11(10,5-2)6-3/h4H,1,5-9H2,2-3H3. The topological polar surface area (TPSA) is 0 Å². The van der Waals surface area contributed by atoms with Gasteiger partial charge < -0.3 is 0 Å². The molecule has 0 nitrogen and oxygen atoms in total. The van der Waals surface area contributed by atoms with Crippen LogP contribution in [0.15, 0.2) is 12.7 Å². The number of rotatable bonds is 6. The number of allylic oxidation sites excluding steroid dienone is 1. The van der Waals surface area contributed by atoms with Crippen molar-refractivity contribution in [3.8, 4) is 0 Å². The zero-order valence-corrected chi connectivity index (χ0v) is 10.3. The molecule has 0 atom stereocenters. The Bertz CT molecular complexity index is 108. The third kappa shape index (κ3) is 4.80. The molecule has 0 amide bonds. The summed E-state index contributed by atoms with van der Waals surface area (Å²) in [5, 5.41) is 0. The number of halogens is 1. The highest BCUT2D eigenvalue weighted by atomic mass is 79.9. The maximum Gasteiger partial charge on any atom is 0.129 e. The van der Waals surface area contributed by atoms with Crippen molar-refractivity contribution in [2.24, 2.45) is 0 Å². The van der Waals surface area contributed by atoms with Crippen LogP contribution in [-0.2, 0) is 0 Å². The van der Waals surface area contributed by atoms with Crippen molar-refractivity contribution in [3.05, 3.63) is 12.7 Å². The minimum Gasteiger partial charge on any atom is -0.126 e. The molecular weight excluding hydrogens is 216 g/mol. The van der Waals surface area contributed by atoms with E-state index in [1.165, 1.54) is 31.0 Å². The molecule has 0 saturated carbocycles. The van der Waals surface area contributed by atoms with E-state index in [1.807, 2.05) is 6.08 Å². The van der Waals surface area contributed by atoms with Gasteiger partial charge in [0.1, 0.15) is 6.69 Å². The molecule has 0 heterocycles. The van der Waals surface area contributed by atoms with Crippen molar-refractivity contribution in [1.82, 2.24) is 0 Å². The Morgan fingerprint density at radius 2 is 1.91 bits per heavy atom. The van der Waals surface area contributed by atoms with E-state index >= 15 is 0 Å². The average Bonchev–Trinajstić information content (AvgIpc) is 2.05. The van der Waals surface area contributed by atoms with E-state index in [0.29, 0.717) is 0 Å². The van der Waals surface area contributed by atoms with E-state index < -0.39 is 6.69 Å². The van der Waals surface area contributed by atoms with E-state index in [0.717, 1.165) is 0 Å². The van der Waals surface area contributed by atoms with Crippen molar-refractivity contribution >= 4 is 22.0 Å². The molecule has 11 heavy (non-hydrogen) atoms. The van der Waals surface area contributed by atoms with Gasteiger partial charge in [-0.3, -0.25) is 0 Å². The van der Waals surface area contributed by atoms with Gasteiger partial charge in [-0.1, -0.05) is 38.4 Å². The van der Waals surface area contributed by atoms with Crippen molar-refractivity contribution in [2.45, 2.75) is 44.8 Å². The van der Waals surface area contributed by atoms with Crippen molar-refractivity contribution in [1.29, 1.82) is 0 Å². The van der Waals surface area contributed by atoms with Crippen LogP contribution < -0.4 is 0 Å². The van der Waals surface area contributed by atoms with E-state index in [1.54, 1.807) is 0 Å². The summed E-state index contributed by atoms with van der Waals surface area (Å²) in [5.74, 6) is 0. The van der Waals surface area contributed by atoms with Crippen LogP contribution in [0, 0.1) is 0 Å². The molecule has 0 aromatic carbocycles. The molecule has 66 valence electrons. The summed E-state index contributed by atoms with van der Waals surface area (Å²) >= 11 is 3.92. The van der Waals surface area contributed by atoms with E-state index in [4.69, 9.17) is 0 Å². The fourth-order valence-electron chi connectivity index (χ4n) is 1.17. The fourth-order valence-corrected chi connectivity index (χ4v) is 4.05. The first kappa shape index (κ1) is 11.4. The molecule has 0 aromatic heterocycles. The van der Waals surface area contributed by atoms with Crippen molar-refractivity contribution in [2.75, 3.05) is 0 Å². The zero-order chi connectivity index (χ0) is 8.74. The largest absolute Gasteiger partial charge is 0.129 e. The normalized spacial score (nSPS) is 11.5. The summed E-state index contributed by atoms with van der Waals surface area (Å²) in [5.41, 5.74) is 0. The Morgan fingerprint density at radius 3 is 2.27 bits per heavy atom. The molecule has 0 aromatic rings. The smallest absolute Gasteiger partial charge is 0.126 e. The summed E-state index contributed by atoms with van der Waals surface area (Å²) in [6, 6.07) is 4.13. The molecule has 0 N–H and O–H groups in total. The number of hydrogen-bond acceptors (Lipinski definition) is 0. The van der Waals surface area contributed by atoms with Crippen molar-refractivity contribution < 1.29 is 0 Å². The summed E-state index contributed by atoms with van der Waals surface area (Å²) in [6.45, 7) is 7.37. The Hall–Kier alpha value is 0.437. The maximum absolute atomic E-state index is 3.92. The molecule has 0 aliphatic carbocycles. The van der Waals surface area contributed by atoms with Crippen LogP contribution >= 0.6 is 15.3 Å². The maximum atomic E-state index is 3.92. The lowest BCUT2D eigenvalue weighted by Crippen LogP contribution is -2.22. The van der Waals surface area contributed by atoms with Crippen LogP contribution in [0.25, 0.3) is 0 Å². The SMILES string of the molecule is C=CCCC[Si](Br)(CC)CC. The van der Waals surface area contributed by atoms with E-state index in [-0.39, 0.29) is 0 Å². The number of unbranched alkanes of at least 4 members (excludes halogenated alkanes) is 1. The third-order valence-corrected chi connectivity index (χ3v) is 10.6. The molecule has 0 bridgehead atoms. The third-order valence-electron chi connectivity index (χ3n) is 2.30. The highest BCUT2D eigenvalue weighted by molar-refractivity contribution is 9.26. The van der Waals surface area contributed by atoms with E-state index in [2.05, 4.69) is 35.7 Å². The van der Waals surface area contributed by atoms with Crippen LogP contribution in [0.1, 0.15) is 26.7 Å². The molecule has 0 fully saturated rings. The Labute approximate surface area is 79.7 Å². The van der Waals surface area contributed by atoms with Gasteiger partial charge >= 0.3 is 0 Å². The first-order valence-electron chi connectivity index (χ1n) is 4.48. The lowest BCUT2D eigenvalue weighted by atomic mass is 10.3. The monoisotopic (exact) mass is 234 g/mol. The highest BCUT2D eigenvalue weighted by Crippen LogP contribution is 2.29. The molecule has 2 heteroatoms. The quantitative estimate of drug-likeness (QED) is 0.278. The van der Waals surface area contributed by atoms with Crippen LogP contribution in [0.5, 0.6) is 0 Å². The Morgan fingerprint density at radius 1 is 1.36 bits per heavy atom. The molecule has 0 rings (SSSR count). The fraction of sp³-hybridized carbons (Fsp3) is 0.778. The molecule has 0 saturated heterocycles. The second-order valence-electron chi connectivity index (χ2n) is 3.04. The van der Waals surface area contributed by atoms with Crippen LogP contribution in [0.4, 0.5) is 0 Å². The summed E-state index contributed by atoms with van der Waals surface area (Å²) in [7, 11) is 0. The molecule has 0 radical (unpaired) electrons. The van der Waals surface area contributed by atoms with Crippen molar-refractivity contribution in [3.63, 3.8) is 0 Å². The minimum absolute atomic E-state index is 0.970. The van der Waals surface area contributed by atoms with Gasteiger partial charge in [0.2, 0.25) is 0 Å². The van der Waals surface area contributed by atoms with Crippen LogP contribution in [0.3, 0.4) is 0 Å². The second-order valence-corrected chi connectivity index (χ2v) is 12.3. The summed E-state index contributed by atoms with van der Waals surface area (Å²) < 4.78 is 0. The molecule has 0 unspecified atom stereocenters. The van der Waals surface area contributed by atoms with Gasteiger partial charge in [-0.05, 0) is 12.5 Å². The van der Waals surface area contributed by atoms with Gasteiger partial charge in [0.15, 0.2) is 0 Å². The van der Waals surface area contributed by atoms with Crippen LogP contribution in [-0.4, -0.2) is 6.69 Å². The zero-order valence-electron chi connectivity index (χ0n) is 7.70. The minimum atomic E-state index is -0.970. The van der Waals surface area contributed by atoms with Gasteiger partial charge in [0.25, 0.3) is 0 Å². The summed E-state index contributed by atoms with van der Waals surface area (Å²) in [6.07, 6.45) is 4.52. The van der Waals surface area contributed by atoms with E-state index in [9.17, 15) is 0 Å². The average molecular weight is 235 g/mol. The highest BCUT2D eigenvalue weighted by Gasteiger charge is 2.23. The Kier molecular flexibility index (Phi) is 6.25. The van der Waals surface area contributed by atoms with Gasteiger partial charge in [-0.25, -0.2) is 0 Å². The lowest BCUT2D eigenvalue weighted by Gasteiger charge is -2.20.